The van der Waals surface area contributed by atoms with Crippen LogP contribution in [0.25, 0.3) is 0 Å². The Morgan fingerprint density at radius 3 is 2.29 bits per heavy atom. The fourth-order valence-corrected chi connectivity index (χ4v) is 3.00. The molecular formula is C13H21NO2S. The highest BCUT2D eigenvalue weighted by Crippen LogP contribution is 2.14. The summed E-state index contributed by atoms with van der Waals surface area (Å²) in [4.78, 5) is 0.431. The molecule has 0 radical (unpaired) electrons. The van der Waals surface area contributed by atoms with E-state index < -0.39 is 9.84 Å². The minimum absolute atomic E-state index is 0.221. The highest BCUT2D eigenvalue weighted by atomic mass is 32.2. The van der Waals surface area contributed by atoms with Crippen LogP contribution in [0.5, 0.6) is 0 Å². The number of nitrogens with one attached hydrogen (secondary N) is 1. The van der Waals surface area contributed by atoms with Crippen molar-refractivity contribution in [2.75, 3.05) is 12.8 Å². The SMILES string of the molecule is CCCS(=O)(=O)c1ccc(CC(C)NC)cc1. The maximum atomic E-state index is 11.8. The molecule has 17 heavy (non-hydrogen) atoms. The lowest BCUT2D eigenvalue weighted by Gasteiger charge is -2.10. The van der Waals surface area contributed by atoms with Gasteiger partial charge in [0.05, 0.1) is 10.6 Å². The van der Waals surface area contributed by atoms with Crippen LogP contribution in [0, 0.1) is 0 Å². The summed E-state index contributed by atoms with van der Waals surface area (Å²) in [5.74, 6) is 0.221. The van der Waals surface area contributed by atoms with E-state index in [0.29, 0.717) is 17.4 Å². The molecule has 0 aliphatic carbocycles. The Balaban J connectivity index is 2.81. The van der Waals surface area contributed by atoms with E-state index in [-0.39, 0.29) is 5.75 Å². The van der Waals surface area contributed by atoms with E-state index in [1.165, 1.54) is 0 Å². The highest BCUT2D eigenvalue weighted by Gasteiger charge is 2.12. The van der Waals surface area contributed by atoms with Crippen LogP contribution in [0.2, 0.25) is 0 Å². The first-order valence-corrected chi connectivity index (χ1v) is 7.63. The van der Waals surface area contributed by atoms with Crippen molar-refractivity contribution in [3.63, 3.8) is 0 Å². The molecule has 0 spiro atoms. The Hall–Kier alpha value is -0.870. The Kier molecular flexibility index (Phi) is 5.15. The summed E-state index contributed by atoms with van der Waals surface area (Å²) in [7, 11) is -1.16. The van der Waals surface area contributed by atoms with Gasteiger partial charge in [-0.25, -0.2) is 8.42 Å². The first kappa shape index (κ1) is 14.2. The van der Waals surface area contributed by atoms with Crippen molar-refractivity contribution < 1.29 is 8.42 Å². The molecule has 0 fully saturated rings. The zero-order valence-corrected chi connectivity index (χ0v) is 11.5. The molecule has 0 amide bonds. The Morgan fingerprint density at radius 1 is 1.24 bits per heavy atom. The highest BCUT2D eigenvalue weighted by molar-refractivity contribution is 7.91. The van der Waals surface area contributed by atoms with Gasteiger partial charge in [-0.1, -0.05) is 19.1 Å². The second-order valence-corrected chi connectivity index (χ2v) is 6.47. The van der Waals surface area contributed by atoms with E-state index in [1.54, 1.807) is 12.1 Å². The molecule has 0 heterocycles. The minimum Gasteiger partial charge on any atom is -0.317 e. The molecule has 0 aliphatic rings. The fraction of sp³-hybridized carbons (Fsp3) is 0.538. The number of benzene rings is 1. The molecule has 3 nitrogen and oxygen atoms in total. The predicted molar refractivity (Wildman–Crippen MR) is 71.0 cm³/mol. The summed E-state index contributed by atoms with van der Waals surface area (Å²) in [6.45, 7) is 3.97. The maximum absolute atomic E-state index is 11.8. The summed E-state index contributed by atoms with van der Waals surface area (Å²) < 4.78 is 23.6. The van der Waals surface area contributed by atoms with Crippen LogP contribution in [-0.4, -0.2) is 27.3 Å². The van der Waals surface area contributed by atoms with Crippen LogP contribution in [-0.2, 0) is 16.3 Å². The van der Waals surface area contributed by atoms with Crippen molar-refractivity contribution in [2.45, 2.75) is 37.6 Å². The van der Waals surface area contributed by atoms with Gasteiger partial charge >= 0.3 is 0 Å². The zero-order chi connectivity index (χ0) is 12.9. The van der Waals surface area contributed by atoms with E-state index in [2.05, 4.69) is 12.2 Å². The van der Waals surface area contributed by atoms with Crippen molar-refractivity contribution in [3.05, 3.63) is 29.8 Å². The second-order valence-electron chi connectivity index (χ2n) is 4.36. The first-order chi connectivity index (χ1) is 7.99. The predicted octanol–water partition coefficient (Wildman–Crippen LogP) is 2.02. The Bertz CT molecular complexity index is 437. The third-order valence-electron chi connectivity index (χ3n) is 2.79. The van der Waals surface area contributed by atoms with Crippen molar-refractivity contribution >= 4 is 9.84 Å². The molecule has 1 aromatic rings. The number of hydrogen-bond acceptors (Lipinski definition) is 3. The van der Waals surface area contributed by atoms with E-state index in [1.807, 2.05) is 26.1 Å². The average molecular weight is 255 g/mol. The number of likely N-dealkylation sites (N-methyl/N-ethyl adjacent to an activating group) is 1. The van der Waals surface area contributed by atoms with Gasteiger partial charge in [-0.3, -0.25) is 0 Å². The molecule has 0 aromatic heterocycles. The van der Waals surface area contributed by atoms with Gasteiger partial charge in [-0.05, 0) is 44.5 Å². The third kappa shape index (κ3) is 4.13. The van der Waals surface area contributed by atoms with E-state index in [9.17, 15) is 8.42 Å². The van der Waals surface area contributed by atoms with E-state index in [4.69, 9.17) is 0 Å². The van der Waals surface area contributed by atoms with Gasteiger partial charge in [-0.15, -0.1) is 0 Å². The number of rotatable bonds is 6. The first-order valence-electron chi connectivity index (χ1n) is 5.98. The van der Waals surface area contributed by atoms with Gasteiger partial charge in [0.25, 0.3) is 0 Å². The topological polar surface area (TPSA) is 46.2 Å². The second kappa shape index (κ2) is 6.17. The molecule has 1 rings (SSSR count). The maximum Gasteiger partial charge on any atom is 0.178 e. The normalized spacial score (nSPS) is 13.6. The van der Waals surface area contributed by atoms with Crippen LogP contribution in [0.1, 0.15) is 25.8 Å². The molecule has 1 aromatic carbocycles. The van der Waals surface area contributed by atoms with Crippen LogP contribution in [0.15, 0.2) is 29.2 Å². The fourth-order valence-electron chi connectivity index (χ4n) is 1.68. The lowest BCUT2D eigenvalue weighted by molar-refractivity contribution is 0.594. The number of sulfone groups is 1. The molecular weight excluding hydrogens is 234 g/mol. The minimum atomic E-state index is -3.08. The van der Waals surface area contributed by atoms with Crippen LogP contribution >= 0.6 is 0 Å². The van der Waals surface area contributed by atoms with Crippen molar-refractivity contribution in [3.8, 4) is 0 Å². The molecule has 0 saturated carbocycles. The largest absolute Gasteiger partial charge is 0.317 e. The summed E-state index contributed by atoms with van der Waals surface area (Å²) in [5, 5.41) is 3.16. The monoisotopic (exact) mass is 255 g/mol. The van der Waals surface area contributed by atoms with E-state index >= 15 is 0 Å². The third-order valence-corrected chi connectivity index (χ3v) is 4.73. The molecule has 96 valence electrons. The molecule has 4 heteroatoms. The molecule has 1 unspecified atom stereocenters. The summed E-state index contributed by atoms with van der Waals surface area (Å²) in [6, 6.07) is 7.62. The Morgan fingerprint density at radius 2 is 1.82 bits per heavy atom. The average Bonchev–Trinajstić information content (AvgIpc) is 2.29. The number of hydrogen-bond donors (Lipinski definition) is 1. The molecule has 1 N–H and O–H groups in total. The van der Waals surface area contributed by atoms with Gasteiger partial charge in [0.2, 0.25) is 0 Å². The van der Waals surface area contributed by atoms with Gasteiger partial charge < -0.3 is 5.32 Å². The zero-order valence-electron chi connectivity index (χ0n) is 10.7. The van der Waals surface area contributed by atoms with Crippen molar-refractivity contribution in [2.24, 2.45) is 0 Å². The van der Waals surface area contributed by atoms with Crippen LogP contribution in [0.4, 0.5) is 0 Å². The smallest absolute Gasteiger partial charge is 0.178 e. The lowest BCUT2D eigenvalue weighted by Crippen LogP contribution is -2.23. The molecule has 0 saturated heterocycles. The summed E-state index contributed by atoms with van der Waals surface area (Å²) in [6.07, 6.45) is 1.56. The summed E-state index contributed by atoms with van der Waals surface area (Å²) >= 11 is 0. The van der Waals surface area contributed by atoms with Crippen molar-refractivity contribution in [1.82, 2.24) is 5.32 Å². The lowest BCUT2D eigenvalue weighted by atomic mass is 10.1. The van der Waals surface area contributed by atoms with Gasteiger partial charge in [0, 0.05) is 6.04 Å². The molecule has 0 aliphatic heterocycles. The van der Waals surface area contributed by atoms with Gasteiger partial charge in [0.15, 0.2) is 9.84 Å². The quantitative estimate of drug-likeness (QED) is 0.846. The molecule has 1 atom stereocenters. The van der Waals surface area contributed by atoms with Crippen LogP contribution < -0.4 is 5.32 Å². The van der Waals surface area contributed by atoms with Crippen molar-refractivity contribution in [1.29, 1.82) is 0 Å². The van der Waals surface area contributed by atoms with E-state index in [0.717, 1.165) is 12.0 Å². The van der Waals surface area contributed by atoms with Crippen LogP contribution in [0.3, 0.4) is 0 Å². The van der Waals surface area contributed by atoms with Gasteiger partial charge in [0.1, 0.15) is 0 Å². The molecule has 0 bridgehead atoms. The van der Waals surface area contributed by atoms with Gasteiger partial charge in [-0.2, -0.15) is 0 Å². The standard InChI is InChI=1S/C13H21NO2S/c1-4-9-17(15,16)13-7-5-12(6-8-13)10-11(2)14-3/h5-8,11,14H,4,9-10H2,1-3H3. The summed E-state index contributed by atoms with van der Waals surface area (Å²) in [5.41, 5.74) is 1.15. The Labute approximate surface area is 104 Å².